The number of hydrogen-bond acceptors (Lipinski definition) is 6. The van der Waals surface area contributed by atoms with E-state index in [2.05, 4.69) is 31.2 Å². The quantitative estimate of drug-likeness (QED) is 0.448. The molecule has 2 aromatic carbocycles. The van der Waals surface area contributed by atoms with E-state index in [9.17, 15) is 9.59 Å². The van der Waals surface area contributed by atoms with E-state index >= 15 is 0 Å². The largest absolute Gasteiger partial charge is 0.366 e. The Labute approximate surface area is 181 Å². The lowest BCUT2D eigenvalue weighted by Gasteiger charge is -2.11. The zero-order chi connectivity index (χ0) is 22.2. The average molecular weight is 419 g/mol. The highest BCUT2D eigenvalue weighted by Crippen LogP contribution is 2.15. The molecule has 0 saturated heterocycles. The third-order valence-corrected chi connectivity index (χ3v) is 4.77. The van der Waals surface area contributed by atoms with Crippen molar-refractivity contribution in [3.05, 3.63) is 82.5 Å². The zero-order valence-electron chi connectivity index (χ0n) is 17.8. The number of rotatable bonds is 8. The minimum atomic E-state index is -0.111. The molecular formula is C23H26N6O2. The number of nitrogens with one attached hydrogen (secondary N) is 4. The minimum Gasteiger partial charge on any atom is -0.366 e. The van der Waals surface area contributed by atoms with Crippen LogP contribution in [0.15, 0.2) is 54.7 Å². The SMILES string of the molecule is CNC(=O)c1ccc(CNc2ncc(C)c(NCc3ccc(C(=O)NC)cc3)n2)cc1. The number of benzene rings is 2. The van der Waals surface area contributed by atoms with Crippen LogP contribution in [0.5, 0.6) is 0 Å². The molecular weight excluding hydrogens is 392 g/mol. The van der Waals surface area contributed by atoms with Gasteiger partial charge in [-0.15, -0.1) is 0 Å². The molecule has 160 valence electrons. The molecule has 4 N–H and O–H groups in total. The molecule has 31 heavy (non-hydrogen) atoms. The first-order valence-electron chi connectivity index (χ1n) is 9.93. The van der Waals surface area contributed by atoms with Crippen LogP contribution in [-0.4, -0.2) is 35.9 Å². The van der Waals surface area contributed by atoms with Crippen LogP contribution in [0.2, 0.25) is 0 Å². The summed E-state index contributed by atoms with van der Waals surface area (Å²) in [7, 11) is 3.22. The third-order valence-electron chi connectivity index (χ3n) is 4.77. The predicted octanol–water partition coefficient (Wildman–Crippen LogP) is 2.73. The van der Waals surface area contributed by atoms with Crippen molar-refractivity contribution in [2.75, 3.05) is 24.7 Å². The highest BCUT2D eigenvalue weighted by Gasteiger charge is 2.07. The van der Waals surface area contributed by atoms with Crippen LogP contribution < -0.4 is 21.3 Å². The molecule has 1 heterocycles. The highest BCUT2D eigenvalue weighted by atomic mass is 16.2. The molecule has 0 atom stereocenters. The van der Waals surface area contributed by atoms with Gasteiger partial charge in [-0.05, 0) is 42.3 Å². The Kier molecular flexibility index (Phi) is 7.16. The van der Waals surface area contributed by atoms with E-state index in [1.165, 1.54) is 0 Å². The van der Waals surface area contributed by atoms with Gasteiger partial charge in [0.05, 0.1) is 0 Å². The highest BCUT2D eigenvalue weighted by molar-refractivity contribution is 5.94. The molecule has 0 fully saturated rings. The molecule has 0 aliphatic heterocycles. The van der Waals surface area contributed by atoms with Gasteiger partial charge in [0.15, 0.2) is 0 Å². The van der Waals surface area contributed by atoms with Crippen molar-refractivity contribution in [1.29, 1.82) is 0 Å². The first kappa shape index (κ1) is 21.8. The van der Waals surface area contributed by atoms with E-state index in [0.29, 0.717) is 30.2 Å². The maximum atomic E-state index is 11.6. The summed E-state index contributed by atoms with van der Waals surface area (Å²) in [4.78, 5) is 32.2. The third kappa shape index (κ3) is 5.79. The zero-order valence-corrected chi connectivity index (χ0v) is 17.8. The average Bonchev–Trinajstić information content (AvgIpc) is 2.82. The molecule has 1 aromatic heterocycles. The van der Waals surface area contributed by atoms with Gasteiger partial charge >= 0.3 is 0 Å². The fourth-order valence-electron chi connectivity index (χ4n) is 2.91. The molecule has 2 amide bonds. The summed E-state index contributed by atoms with van der Waals surface area (Å²) in [5.74, 6) is 1.03. The molecule has 0 unspecified atom stereocenters. The molecule has 0 saturated carbocycles. The van der Waals surface area contributed by atoms with Crippen molar-refractivity contribution in [2.45, 2.75) is 20.0 Å². The van der Waals surface area contributed by atoms with Gasteiger partial charge < -0.3 is 21.3 Å². The normalized spacial score (nSPS) is 10.3. The van der Waals surface area contributed by atoms with E-state index in [0.717, 1.165) is 22.5 Å². The standard InChI is InChI=1S/C23H26N6O2/c1-15-12-27-23(28-14-17-6-10-19(11-7-17)22(31)25-3)29-20(15)26-13-16-4-8-18(9-5-16)21(30)24-2/h4-12H,13-14H2,1-3H3,(H,24,30)(H,25,31)(H2,26,27,28,29). The van der Waals surface area contributed by atoms with Crippen molar-refractivity contribution in [3.8, 4) is 0 Å². The molecule has 8 nitrogen and oxygen atoms in total. The van der Waals surface area contributed by atoms with Crippen LogP contribution in [0, 0.1) is 6.92 Å². The Morgan fingerprint density at radius 3 is 1.74 bits per heavy atom. The van der Waals surface area contributed by atoms with Crippen molar-refractivity contribution in [3.63, 3.8) is 0 Å². The summed E-state index contributed by atoms with van der Waals surface area (Å²) in [5, 5.41) is 11.7. The van der Waals surface area contributed by atoms with Gasteiger partial charge in [0.1, 0.15) is 5.82 Å². The lowest BCUT2D eigenvalue weighted by Crippen LogP contribution is -2.17. The van der Waals surface area contributed by atoms with Gasteiger partial charge in [-0.1, -0.05) is 24.3 Å². The monoisotopic (exact) mass is 418 g/mol. The molecule has 8 heteroatoms. The van der Waals surface area contributed by atoms with Gasteiger partial charge in [-0.25, -0.2) is 4.98 Å². The van der Waals surface area contributed by atoms with Gasteiger partial charge in [-0.3, -0.25) is 9.59 Å². The summed E-state index contributed by atoms with van der Waals surface area (Å²) in [5.41, 5.74) is 4.23. The number of amides is 2. The van der Waals surface area contributed by atoms with Gasteiger partial charge in [0.2, 0.25) is 5.95 Å². The number of carbonyl (C=O) groups excluding carboxylic acids is 2. The van der Waals surface area contributed by atoms with E-state index in [1.807, 2.05) is 31.2 Å². The summed E-state index contributed by atoms with van der Waals surface area (Å²) in [6.45, 7) is 3.06. The van der Waals surface area contributed by atoms with Gasteiger partial charge in [0, 0.05) is 50.1 Å². The number of carbonyl (C=O) groups is 2. The smallest absolute Gasteiger partial charge is 0.251 e. The fourth-order valence-corrected chi connectivity index (χ4v) is 2.91. The maximum absolute atomic E-state index is 11.6. The molecule has 3 aromatic rings. The van der Waals surface area contributed by atoms with Gasteiger partial charge in [0.25, 0.3) is 11.8 Å². The van der Waals surface area contributed by atoms with Crippen LogP contribution >= 0.6 is 0 Å². The second kappa shape index (κ2) is 10.2. The Bertz CT molecular complexity index is 1050. The van der Waals surface area contributed by atoms with E-state index in [1.54, 1.807) is 44.6 Å². The first-order valence-corrected chi connectivity index (χ1v) is 9.93. The lowest BCUT2D eigenvalue weighted by atomic mass is 10.1. The summed E-state index contributed by atoms with van der Waals surface area (Å²) in [6.07, 6.45) is 1.76. The molecule has 3 rings (SSSR count). The molecule has 0 aliphatic carbocycles. The Balaban J connectivity index is 1.59. The number of anilines is 2. The van der Waals surface area contributed by atoms with Crippen LogP contribution in [0.1, 0.15) is 37.4 Å². The van der Waals surface area contributed by atoms with Crippen molar-refractivity contribution in [2.24, 2.45) is 0 Å². The van der Waals surface area contributed by atoms with Crippen LogP contribution in [0.4, 0.5) is 11.8 Å². The van der Waals surface area contributed by atoms with E-state index in [-0.39, 0.29) is 11.8 Å². The number of aromatic nitrogens is 2. The Morgan fingerprint density at radius 1 is 0.774 bits per heavy atom. The first-order chi connectivity index (χ1) is 15.0. The van der Waals surface area contributed by atoms with Gasteiger partial charge in [-0.2, -0.15) is 4.98 Å². The minimum absolute atomic E-state index is 0.106. The predicted molar refractivity (Wildman–Crippen MR) is 121 cm³/mol. The molecule has 0 aliphatic rings. The van der Waals surface area contributed by atoms with Crippen molar-refractivity contribution >= 4 is 23.6 Å². The second-order valence-corrected chi connectivity index (χ2v) is 6.98. The Hall–Kier alpha value is -3.94. The number of nitrogens with zero attached hydrogens (tertiary/aromatic N) is 2. The van der Waals surface area contributed by atoms with Crippen LogP contribution in [0.3, 0.4) is 0 Å². The van der Waals surface area contributed by atoms with Crippen LogP contribution in [-0.2, 0) is 13.1 Å². The van der Waals surface area contributed by atoms with E-state index in [4.69, 9.17) is 0 Å². The van der Waals surface area contributed by atoms with Crippen molar-refractivity contribution in [1.82, 2.24) is 20.6 Å². The van der Waals surface area contributed by atoms with E-state index < -0.39 is 0 Å². The number of hydrogen-bond donors (Lipinski definition) is 4. The molecule has 0 bridgehead atoms. The molecule has 0 spiro atoms. The Morgan fingerprint density at radius 2 is 1.26 bits per heavy atom. The number of aryl methyl sites for hydroxylation is 1. The van der Waals surface area contributed by atoms with Crippen LogP contribution in [0.25, 0.3) is 0 Å². The molecule has 0 radical (unpaired) electrons. The summed E-state index contributed by atoms with van der Waals surface area (Å²) in [6, 6.07) is 14.8. The lowest BCUT2D eigenvalue weighted by molar-refractivity contribution is 0.0955. The second-order valence-electron chi connectivity index (χ2n) is 6.98. The van der Waals surface area contributed by atoms with Crippen molar-refractivity contribution < 1.29 is 9.59 Å². The summed E-state index contributed by atoms with van der Waals surface area (Å²) >= 11 is 0. The maximum Gasteiger partial charge on any atom is 0.251 e. The topological polar surface area (TPSA) is 108 Å². The fraction of sp³-hybridized carbons (Fsp3) is 0.217. The summed E-state index contributed by atoms with van der Waals surface area (Å²) < 4.78 is 0.